The summed E-state index contributed by atoms with van der Waals surface area (Å²) in [4.78, 5) is 14.1. The quantitative estimate of drug-likeness (QED) is 0.735. The van der Waals surface area contributed by atoms with Gasteiger partial charge in [-0.1, -0.05) is 0 Å². The third kappa shape index (κ3) is 2.39. The van der Waals surface area contributed by atoms with Crippen molar-refractivity contribution in [3.8, 4) is 0 Å². The van der Waals surface area contributed by atoms with E-state index in [1.165, 1.54) is 25.0 Å². The summed E-state index contributed by atoms with van der Waals surface area (Å²) in [6.45, 7) is 2.33. The molecule has 2 nitrogen and oxygen atoms in total. The van der Waals surface area contributed by atoms with Gasteiger partial charge in [-0.2, -0.15) is 11.8 Å². The summed E-state index contributed by atoms with van der Waals surface area (Å²) in [5, 5.41) is 0. The van der Waals surface area contributed by atoms with Gasteiger partial charge in [-0.3, -0.25) is 9.69 Å². The first-order valence-corrected chi connectivity index (χ1v) is 7.40. The second-order valence-electron chi connectivity index (χ2n) is 4.91. The summed E-state index contributed by atoms with van der Waals surface area (Å²) >= 11 is 1.92. The number of carbonyl (C=O) groups is 1. The highest BCUT2D eigenvalue weighted by Gasteiger charge is 2.41. The Bertz CT molecular complexity index is 228. The number of hydrogen-bond donors (Lipinski definition) is 0. The van der Waals surface area contributed by atoms with Crippen molar-refractivity contribution in [1.29, 1.82) is 0 Å². The molecule has 2 fully saturated rings. The van der Waals surface area contributed by atoms with Crippen molar-refractivity contribution in [2.45, 2.75) is 57.2 Å². The predicted molar refractivity (Wildman–Crippen MR) is 65.4 cm³/mol. The number of thioether (sulfide) groups is 1. The van der Waals surface area contributed by atoms with Crippen molar-refractivity contribution in [2.24, 2.45) is 0 Å². The molecule has 2 aliphatic heterocycles. The van der Waals surface area contributed by atoms with Crippen LogP contribution in [0.2, 0.25) is 0 Å². The Morgan fingerprint density at radius 2 is 2.00 bits per heavy atom. The lowest BCUT2D eigenvalue weighted by Crippen LogP contribution is -2.48. The Hall–Kier alpha value is -0.0200. The molecule has 0 aromatic rings. The summed E-state index contributed by atoms with van der Waals surface area (Å²) in [5.41, 5.74) is 0. The van der Waals surface area contributed by atoms with Crippen LogP contribution >= 0.6 is 11.8 Å². The maximum absolute atomic E-state index is 11.5. The Labute approximate surface area is 96.8 Å². The van der Waals surface area contributed by atoms with E-state index in [1.54, 1.807) is 0 Å². The van der Waals surface area contributed by atoms with Crippen molar-refractivity contribution in [2.75, 3.05) is 12.0 Å². The lowest BCUT2D eigenvalue weighted by molar-refractivity contribution is -0.124. The van der Waals surface area contributed by atoms with Gasteiger partial charge in [0.25, 0.3) is 0 Å². The molecule has 2 aliphatic rings. The molecule has 0 radical (unpaired) electrons. The maximum atomic E-state index is 11.5. The molecule has 2 heterocycles. The van der Waals surface area contributed by atoms with E-state index < -0.39 is 0 Å². The molecule has 0 saturated carbocycles. The van der Waals surface area contributed by atoms with Gasteiger partial charge in [-0.15, -0.1) is 0 Å². The molecule has 0 aromatic heterocycles. The van der Waals surface area contributed by atoms with Gasteiger partial charge in [0, 0.05) is 31.0 Å². The summed E-state index contributed by atoms with van der Waals surface area (Å²) in [7, 11) is 0. The molecule has 0 N–H and O–H groups in total. The fourth-order valence-electron chi connectivity index (χ4n) is 3.16. The minimum atomic E-state index is 0.496. The summed E-state index contributed by atoms with van der Waals surface area (Å²) < 4.78 is 0. The molecular formula is C12H21NOS. The second kappa shape index (κ2) is 4.88. The number of carbonyl (C=O) groups excluding carboxylic acids is 1. The van der Waals surface area contributed by atoms with E-state index in [-0.39, 0.29) is 0 Å². The Morgan fingerprint density at radius 3 is 2.53 bits per heavy atom. The van der Waals surface area contributed by atoms with Crippen molar-refractivity contribution in [1.82, 2.24) is 4.90 Å². The SMILES string of the molecule is CSCCC(C)N1C2CCC1CC(=O)C2. The monoisotopic (exact) mass is 227 g/mol. The van der Waals surface area contributed by atoms with Crippen molar-refractivity contribution in [3.63, 3.8) is 0 Å². The second-order valence-corrected chi connectivity index (χ2v) is 5.90. The molecule has 0 amide bonds. The zero-order chi connectivity index (χ0) is 10.8. The largest absolute Gasteiger partial charge is 0.300 e. The average molecular weight is 227 g/mol. The third-order valence-electron chi connectivity index (χ3n) is 3.85. The third-order valence-corrected chi connectivity index (χ3v) is 4.50. The van der Waals surface area contributed by atoms with Crippen LogP contribution in [0, 0.1) is 0 Å². The predicted octanol–water partition coefficient (Wildman–Crippen LogP) is 2.32. The smallest absolute Gasteiger partial charge is 0.136 e. The first-order chi connectivity index (χ1) is 7.22. The highest BCUT2D eigenvalue weighted by molar-refractivity contribution is 7.98. The van der Waals surface area contributed by atoms with Crippen LogP contribution in [0.5, 0.6) is 0 Å². The van der Waals surface area contributed by atoms with E-state index in [0.717, 1.165) is 12.8 Å². The van der Waals surface area contributed by atoms with E-state index in [4.69, 9.17) is 0 Å². The first-order valence-electron chi connectivity index (χ1n) is 6.00. The number of rotatable bonds is 4. The summed E-state index contributed by atoms with van der Waals surface area (Å²) in [5.74, 6) is 1.74. The Morgan fingerprint density at radius 1 is 1.40 bits per heavy atom. The van der Waals surface area contributed by atoms with Crippen LogP contribution in [0.25, 0.3) is 0 Å². The molecule has 2 rings (SSSR count). The van der Waals surface area contributed by atoms with E-state index in [2.05, 4.69) is 18.1 Å². The van der Waals surface area contributed by atoms with E-state index >= 15 is 0 Å². The van der Waals surface area contributed by atoms with Gasteiger partial charge in [0.05, 0.1) is 0 Å². The number of fused-ring (bicyclic) bond motifs is 2. The first kappa shape index (κ1) is 11.5. The zero-order valence-corrected chi connectivity index (χ0v) is 10.6. The van der Waals surface area contributed by atoms with Crippen LogP contribution < -0.4 is 0 Å². The fourth-order valence-corrected chi connectivity index (χ4v) is 3.74. The molecule has 2 bridgehead atoms. The van der Waals surface area contributed by atoms with Gasteiger partial charge in [0.1, 0.15) is 5.78 Å². The lowest BCUT2D eigenvalue weighted by atomic mass is 9.99. The van der Waals surface area contributed by atoms with Crippen LogP contribution in [-0.2, 0) is 4.79 Å². The molecule has 3 heteroatoms. The zero-order valence-electron chi connectivity index (χ0n) is 9.74. The van der Waals surface area contributed by atoms with Crippen LogP contribution in [0.15, 0.2) is 0 Å². The van der Waals surface area contributed by atoms with Crippen LogP contribution in [0.3, 0.4) is 0 Å². The average Bonchev–Trinajstić information content (AvgIpc) is 2.48. The van der Waals surface area contributed by atoms with E-state index in [9.17, 15) is 4.79 Å². The Kier molecular flexibility index (Phi) is 3.73. The van der Waals surface area contributed by atoms with Crippen molar-refractivity contribution >= 4 is 17.5 Å². The molecule has 15 heavy (non-hydrogen) atoms. The normalized spacial score (nSPS) is 33.3. The van der Waals surface area contributed by atoms with E-state index in [0.29, 0.717) is 23.9 Å². The minimum Gasteiger partial charge on any atom is -0.300 e. The van der Waals surface area contributed by atoms with Crippen LogP contribution in [0.1, 0.15) is 39.0 Å². The summed E-state index contributed by atoms with van der Waals surface area (Å²) in [6.07, 6.45) is 7.57. The molecule has 0 aliphatic carbocycles. The highest BCUT2D eigenvalue weighted by atomic mass is 32.2. The fraction of sp³-hybridized carbons (Fsp3) is 0.917. The van der Waals surface area contributed by atoms with Crippen molar-refractivity contribution in [3.05, 3.63) is 0 Å². The number of nitrogens with zero attached hydrogens (tertiary/aromatic N) is 1. The maximum Gasteiger partial charge on any atom is 0.136 e. The minimum absolute atomic E-state index is 0.496. The van der Waals surface area contributed by atoms with Crippen molar-refractivity contribution < 1.29 is 4.79 Å². The standard InChI is InChI=1S/C12H21NOS/c1-9(5-6-15-2)13-10-3-4-11(13)8-12(14)7-10/h9-11H,3-8H2,1-2H3. The molecule has 0 aromatic carbocycles. The molecule has 86 valence electrons. The van der Waals surface area contributed by atoms with Gasteiger partial charge in [-0.05, 0) is 38.2 Å². The number of Topliss-reactive ketones (excluding diaryl/α,β-unsaturated/α-hetero) is 1. The number of ketones is 1. The molecule has 0 spiro atoms. The topological polar surface area (TPSA) is 20.3 Å². The molecule has 3 unspecified atom stereocenters. The Balaban J connectivity index is 1.95. The summed E-state index contributed by atoms with van der Waals surface area (Å²) in [6, 6.07) is 1.82. The van der Waals surface area contributed by atoms with Gasteiger partial charge in [0.15, 0.2) is 0 Å². The molecule has 3 atom stereocenters. The highest BCUT2D eigenvalue weighted by Crippen LogP contribution is 2.36. The van der Waals surface area contributed by atoms with Gasteiger partial charge >= 0.3 is 0 Å². The molecular weight excluding hydrogens is 206 g/mol. The van der Waals surface area contributed by atoms with Gasteiger partial charge in [-0.25, -0.2) is 0 Å². The number of piperidine rings is 1. The molecule has 2 saturated heterocycles. The van der Waals surface area contributed by atoms with E-state index in [1.807, 2.05) is 11.8 Å². The van der Waals surface area contributed by atoms with Gasteiger partial charge < -0.3 is 0 Å². The lowest BCUT2D eigenvalue weighted by Gasteiger charge is -2.38. The van der Waals surface area contributed by atoms with Gasteiger partial charge in [0.2, 0.25) is 0 Å². The van der Waals surface area contributed by atoms with Crippen LogP contribution in [-0.4, -0.2) is 40.8 Å². The van der Waals surface area contributed by atoms with Crippen LogP contribution in [0.4, 0.5) is 0 Å². The number of hydrogen-bond acceptors (Lipinski definition) is 3.